The topological polar surface area (TPSA) is 44.8 Å². The van der Waals surface area contributed by atoms with Crippen LogP contribution < -0.4 is 4.90 Å². The molecule has 1 fully saturated rings. The van der Waals surface area contributed by atoms with Crippen LogP contribution in [0.3, 0.4) is 0 Å². The summed E-state index contributed by atoms with van der Waals surface area (Å²) in [5.41, 5.74) is 6.23. The van der Waals surface area contributed by atoms with E-state index in [0.717, 1.165) is 40.8 Å². The molecule has 5 aromatic rings. The molecule has 1 N–H and O–H groups in total. The molecule has 4 nitrogen and oxygen atoms in total. The van der Waals surface area contributed by atoms with E-state index in [9.17, 15) is 0 Å². The quantitative estimate of drug-likeness (QED) is 0.203. The number of hydrogen-bond acceptors (Lipinski definition) is 3. The summed E-state index contributed by atoms with van der Waals surface area (Å²) in [4.78, 5) is 14.4. The Balaban J connectivity index is 0.000000336. The van der Waals surface area contributed by atoms with Gasteiger partial charge in [-0.2, -0.15) is 0 Å². The second-order valence-corrected chi connectivity index (χ2v) is 11.5. The SMILES string of the molecule is C=C.CC.CC.CC1CCC(C)CC1.CCCc1c(-c2ccccc2)[nH]c2ccccc12.Cc1nc(N(C)C)c2ccccc2n1. The second kappa shape index (κ2) is 22.6. The first kappa shape index (κ1) is 40.1. The van der Waals surface area contributed by atoms with Gasteiger partial charge in [0, 0.05) is 36.1 Å². The molecule has 2 aromatic heterocycles. The van der Waals surface area contributed by atoms with E-state index >= 15 is 0 Å². The van der Waals surface area contributed by atoms with Crippen molar-refractivity contribution in [3.05, 3.63) is 103 Å². The molecule has 0 saturated heterocycles. The molecule has 250 valence electrons. The molecule has 0 aliphatic heterocycles. The predicted molar refractivity (Wildman–Crippen MR) is 207 cm³/mol. The number of aromatic nitrogens is 3. The molecule has 3 aromatic carbocycles. The van der Waals surface area contributed by atoms with Gasteiger partial charge in [-0.15, -0.1) is 13.2 Å². The highest BCUT2D eigenvalue weighted by Crippen LogP contribution is 2.31. The van der Waals surface area contributed by atoms with Crippen molar-refractivity contribution in [2.24, 2.45) is 11.8 Å². The lowest BCUT2D eigenvalue weighted by atomic mass is 9.84. The van der Waals surface area contributed by atoms with Gasteiger partial charge in [-0.1, -0.05) is 141 Å². The monoisotopic (exact) mass is 622 g/mol. The smallest absolute Gasteiger partial charge is 0.139 e. The lowest BCUT2D eigenvalue weighted by Crippen LogP contribution is -2.12. The van der Waals surface area contributed by atoms with Crippen molar-refractivity contribution in [2.75, 3.05) is 19.0 Å². The van der Waals surface area contributed by atoms with E-state index in [1.165, 1.54) is 59.8 Å². The molecule has 1 aliphatic rings. The summed E-state index contributed by atoms with van der Waals surface area (Å²) in [6, 6.07) is 27.2. The minimum atomic E-state index is 0.812. The summed E-state index contributed by atoms with van der Waals surface area (Å²) in [5.74, 6) is 3.83. The first-order chi connectivity index (χ1) is 22.4. The number of benzene rings is 3. The van der Waals surface area contributed by atoms with Crippen LogP contribution in [0.25, 0.3) is 33.1 Å². The minimum Gasteiger partial charge on any atom is -0.362 e. The number of para-hydroxylation sites is 2. The Bertz CT molecular complexity index is 1480. The summed E-state index contributed by atoms with van der Waals surface area (Å²) in [5, 5.41) is 2.46. The van der Waals surface area contributed by atoms with Crippen LogP contribution in [0.1, 0.15) is 92.0 Å². The molecule has 2 heterocycles. The molecule has 0 atom stereocenters. The van der Waals surface area contributed by atoms with Crippen LogP contribution >= 0.6 is 0 Å². The highest BCUT2D eigenvalue weighted by molar-refractivity contribution is 5.91. The maximum absolute atomic E-state index is 4.42. The van der Waals surface area contributed by atoms with Gasteiger partial charge in [0.05, 0.1) is 5.52 Å². The number of fused-ring (bicyclic) bond motifs is 2. The van der Waals surface area contributed by atoms with Gasteiger partial charge in [-0.3, -0.25) is 0 Å². The van der Waals surface area contributed by atoms with Gasteiger partial charge in [-0.05, 0) is 54.5 Å². The van der Waals surface area contributed by atoms with Crippen molar-refractivity contribution in [1.29, 1.82) is 0 Å². The van der Waals surface area contributed by atoms with Gasteiger partial charge in [-0.25, -0.2) is 9.97 Å². The van der Waals surface area contributed by atoms with Crippen LogP contribution in [0.4, 0.5) is 5.82 Å². The molecule has 0 radical (unpaired) electrons. The molecule has 0 amide bonds. The van der Waals surface area contributed by atoms with Gasteiger partial charge in [0.2, 0.25) is 0 Å². The predicted octanol–water partition coefficient (Wildman–Crippen LogP) is 12.5. The summed E-state index contributed by atoms with van der Waals surface area (Å²) in [6.07, 6.45) is 8.18. The highest BCUT2D eigenvalue weighted by Gasteiger charge is 2.13. The maximum Gasteiger partial charge on any atom is 0.139 e. The van der Waals surface area contributed by atoms with Crippen molar-refractivity contribution in [1.82, 2.24) is 15.0 Å². The zero-order valence-corrected chi connectivity index (χ0v) is 30.7. The molecule has 1 aliphatic carbocycles. The maximum atomic E-state index is 4.42. The third-order valence-electron chi connectivity index (χ3n) is 7.80. The number of hydrogen-bond donors (Lipinski definition) is 1. The van der Waals surface area contributed by atoms with Gasteiger partial charge >= 0.3 is 0 Å². The Morgan fingerprint density at radius 2 is 1.22 bits per heavy atom. The third-order valence-corrected chi connectivity index (χ3v) is 7.80. The zero-order chi connectivity index (χ0) is 34.5. The van der Waals surface area contributed by atoms with Crippen LogP contribution in [-0.4, -0.2) is 29.0 Å². The van der Waals surface area contributed by atoms with E-state index in [-0.39, 0.29) is 0 Å². The number of nitrogens with zero attached hydrogens (tertiary/aromatic N) is 3. The largest absolute Gasteiger partial charge is 0.362 e. The molecule has 0 bridgehead atoms. The lowest BCUT2D eigenvalue weighted by Gasteiger charge is -2.22. The van der Waals surface area contributed by atoms with Gasteiger partial charge in [0.15, 0.2) is 0 Å². The Morgan fingerprint density at radius 1 is 0.717 bits per heavy atom. The molecule has 4 heteroatoms. The van der Waals surface area contributed by atoms with Crippen molar-refractivity contribution >= 4 is 27.6 Å². The number of aromatic amines is 1. The summed E-state index contributed by atoms with van der Waals surface area (Å²) < 4.78 is 0. The Morgan fingerprint density at radius 3 is 1.76 bits per heavy atom. The molecular weight excluding hydrogens is 560 g/mol. The van der Waals surface area contributed by atoms with Crippen molar-refractivity contribution < 1.29 is 0 Å². The fraction of sp³-hybridized carbons (Fsp3) is 0.429. The summed E-state index contributed by atoms with van der Waals surface area (Å²) in [7, 11) is 3.99. The summed E-state index contributed by atoms with van der Waals surface area (Å²) >= 11 is 0. The standard InChI is InChI=1S/C17H17N.C11H13N3.C8H16.2C2H6.C2H4/c1-2-8-15-14-11-6-7-12-16(14)18-17(15)13-9-4-3-5-10-13;1-8-12-10-7-5-4-6-9(10)11(13-8)14(2)3;1-7-3-5-8(2)6-4-7;3*1-2/h3-7,9-12,18H,2,8H2,1H3;4-7H,1-3H3;7-8H,3-6H2,1-2H3;2*1-2H3;1-2H2. The molecular formula is C42H62N4. The van der Waals surface area contributed by atoms with Crippen LogP contribution in [0.5, 0.6) is 0 Å². The van der Waals surface area contributed by atoms with E-state index < -0.39 is 0 Å². The molecule has 0 spiro atoms. The Kier molecular flexibility index (Phi) is 19.7. The number of aryl methyl sites for hydroxylation is 2. The van der Waals surface area contributed by atoms with Crippen LogP contribution in [0.2, 0.25) is 0 Å². The van der Waals surface area contributed by atoms with E-state index in [1.807, 2.05) is 77.9 Å². The zero-order valence-electron chi connectivity index (χ0n) is 30.7. The molecule has 46 heavy (non-hydrogen) atoms. The average Bonchev–Trinajstić information content (AvgIpc) is 3.48. The number of rotatable bonds is 4. The van der Waals surface area contributed by atoms with Crippen LogP contribution in [-0.2, 0) is 6.42 Å². The Labute approximate surface area is 281 Å². The van der Waals surface area contributed by atoms with E-state index in [4.69, 9.17) is 0 Å². The second-order valence-electron chi connectivity index (χ2n) is 11.5. The van der Waals surface area contributed by atoms with Crippen molar-refractivity contribution in [3.63, 3.8) is 0 Å². The van der Waals surface area contributed by atoms with Crippen molar-refractivity contribution in [2.45, 2.75) is 93.9 Å². The number of anilines is 1. The van der Waals surface area contributed by atoms with E-state index in [0.29, 0.717) is 0 Å². The molecule has 1 saturated carbocycles. The fourth-order valence-electron chi connectivity index (χ4n) is 5.50. The van der Waals surface area contributed by atoms with Gasteiger partial charge < -0.3 is 9.88 Å². The van der Waals surface area contributed by atoms with Crippen LogP contribution in [0.15, 0.2) is 92.0 Å². The van der Waals surface area contributed by atoms with E-state index in [1.54, 1.807) is 0 Å². The number of H-pyrrole nitrogens is 1. The van der Waals surface area contributed by atoms with Crippen molar-refractivity contribution in [3.8, 4) is 11.3 Å². The van der Waals surface area contributed by atoms with Crippen LogP contribution in [0, 0.1) is 18.8 Å². The van der Waals surface area contributed by atoms with E-state index in [2.05, 4.69) is 103 Å². The minimum absolute atomic E-state index is 0.812. The first-order valence-electron chi connectivity index (χ1n) is 17.4. The lowest BCUT2D eigenvalue weighted by molar-refractivity contribution is 0.308. The van der Waals surface area contributed by atoms with Gasteiger partial charge in [0.1, 0.15) is 11.6 Å². The molecule has 6 rings (SSSR count). The van der Waals surface area contributed by atoms with Gasteiger partial charge in [0.25, 0.3) is 0 Å². The highest BCUT2D eigenvalue weighted by atomic mass is 15.1. The number of nitrogens with one attached hydrogen (secondary N) is 1. The summed E-state index contributed by atoms with van der Waals surface area (Å²) in [6.45, 7) is 22.9. The Hall–Kier alpha value is -3.92. The first-order valence-corrected chi connectivity index (χ1v) is 17.4. The molecule has 0 unspecified atom stereocenters. The third kappa shape index (κ3) is 12.1. The normalized spacial score (nSPS) is 14.7. The fourth-order valence-corrected chi connectivity index (χ4v) is 5.50. The average molecular weight is 623 g/mol.